The molecule has 82 valence electrons. The van der Waals surface area contributed by atoms with Crippen LogP contribution in [0.15, 0.2) is 0 Å². The van der Waals surface area contributed by atoms with Crippen LogP contribution in [-0.2, 0) is 4.79 Å². The van der Waals surface area contributed by atoms with Gasteiger partial charge in [-0.15, -0.1) is 0 Å². The molecule has 14 heavy (non-hydrogen) atoms. The van der Waals surface area contributed by atoms with Crippen LogP contribution < -0.4 is 0 Å². The third-order valence-electron chi connectivity index (χ3n) is 2.94. The van der Waals surface area contributed by atoms with Crippen LogP contribution in [0.2, 0.25) is 0 Å². The Hall–Kier alpha value is -0.610. The summed E-state index contributed by atoms with van der Waals surface area (Å²) in [5.74, 6) is -0.475. The number of likely N-dealkylation sites (tertiary alicyclic amines) is 1. The molecule has 2 unspecified atom stereocenters. The quantitative estimate of drug-likeness (QED) is 0.697. The van der Waals surface area contributed by atoms with Crippen molar-refractivity contribution < 1.29 is 15.0 Å². The van der Waals surface area contributed by atoms with Crippen LogP contribution in [0.4, 0.5) is 0 Å². The summed E-state index contributed by atoms with van der Waals surface area (Å²) in [6, 6.07) is 0. The Labute approximate surface area is 84.5 Å². The fraction of sp³-hybridized carbons (Fsp3) is 0.900. The molecule has 1 fully saturated rings. The average molecular weight is 201 g/mol. The first kappa shape index (κ1) is 11.5. The topological polar surface area (TPSA) is 60.8 Å². The van der Waals surface area contributed by atoms with E-state index in [2.05, 4.69) is 6.92 Å². The summed E-state index contributed by atoms with van der Waals surface area (Å²) in [4.78, 5) is 12.7. The zero-order chi connectivity index (χ0) is 10.8. The van der Waals surface area contributed by atoms with Gasteiger partial charge in [-0.3, -0.25) is 4.90 Å². The Bertz CT molecular complexity index is 215. The highest BCUT2D eigenvalue weighted by Gasteiger charge is 2.34. The number of hydrogen-bond donors (Lipinski definition) is 2. The molecular weight excluding hydrogens is 182 g/mol. The van der Waals surface area contributed by atoms with Crippen molar-refractivity contribution in [3.8, 4) is 0 Å². The number of aliphatic carboxylic acids is 1. The van der Waals surface area contributed by atoms with E-state index in [-0.39, 0.29) is 6.54 Å². The van der Waals surface area contributed by atoms with Gasteiger partial charge in [0.2, 0.25) is 0 Å². The molecule has 0 spiro atoms. The van der Waals surface area contributed by atoms with Crippen LogP contribution >= 0.6 is 0 Å². The zero-order valence-corrected chi connectivity index (χ0v) is 8.86. The van der Waals surface area contributed by atoms with E-state index < -0.39 is 11.6 Å². The Morgan fingerprint density at radius 3 is 2.71 bits per heavy atom. The summed E-state index contributed by atoms with van der Waals surface area (Å²) in [5.41, 5.74) is -1.61. The number of aliphatic hydroxyl groups is 1. The van der Waals surface area contributed by atoms with Crippen molar-refractivity contribution in [2.75, 3.05) is 19.6 Å². The predicted molar refractivity (Wildman–Crippen MR) is 53.1 cm³/mol. The van der Waals surface area contributed by atoms with Gasteiger partial charge >= 0.3 is 5.97 Å². The fourth-order valence-corrected chi connectivity index (χ4v) is 1.89. The largest absolute Gasteiger partial charge is 0.479 e. The van der Waals surface area contributed by atoms with Crippen molar-refractivity contribution in [2.45, 2.75) is 32.3 Å². The molecule has 1 aliphatic rings. The summed E-state index contributed by atoms with van der Waals surface area (Å²) >= 11 is 0. The minimum absolute atomic E-state index is 0.235. The van der Waals surface area contributed by atoms with Crippen molar-refractivity contribution >= 4 is 5.97 Å². The smallest absolute Gasteiger partial charge is 0.336 e. The highest BCUT2D eigenvalue weighted by Crippen LogP contribution is 2.20. The van der Waals surface area contributed by atoms with Gasteiger partial charge in [-0.2, -0.15) is 0 Å². The van der Waals surface area contributed by atoms with E-state index in [1.807, 2.05) is 4.90 Å². The maximum Gasteiger partial charge on any atom is 0.336 e. The third kappa shape index (κ3) is 2.69. The number of carbonyl (C=O) groups is 1. The SMILES string of the molecule is CCC1CCN(CC(C)(O)C(=O)O)C1. The van der Waals surface area contributed by atoms with E-state index in [9.17, 15) is 9.90 Å². The van der Waals surface area contributed by atoms with Gasteiger partial charge in [0.05, 0.1) is 0 Å². The molecular formula is C10H19NO3. The Morgan fingerprint density at radius 2 is 2.29 bits per heavy atom. The zero-order valence-electron chi connectivity index (χ0n) is 8.86. The van der Waals surface area contributed by atoms with Gasteiger partial charge in [-0.25, -0.2) is 4.79 Å². The Morgan fingerprint density at radius 1 is 1.64 bits per heavy atom. The van der Waals surface area contributed by atoms with Gasteiger partial charge in [0.1, 0.15) is 0 Å². The Kier molecular flexibility index (Phi) is 3.50. The van der Waals surface area contributed by atoms with Gasteiger partial charge in [-0.1, -0.05) is 13.3 Å². The number of rotatable bonds is 4. The van der Waals surface area contributed by atoms with Gasteiger partial charge < -0.3 is 10.2 Å². The van der Waals surface area contributed by atoms with Crippen molar-refractivity contribution in [1.82, 2.24) is 4.90 Å². The van der Waals surface area contributed by atoms with E-state index in [0.717, 1.165) is 25.9 Å². The number of carboxylic acid groups (broad SMARTS) is 1. The lowest BCUT2D eigenvalue weighted by Gasteiger charge is -2.24. The third-order valence-corrected chi connectivity index (χ3v) is 2.94. The number of nitrogens with zero attached hydrogens (tertiary/aromatic N) is 1. The molecule has 4 heteroatoms. The minimum Gasteiger partial charge on any atom is -0.479 e. The molecule has 0 aromatic rings. The van der Waals surface area contributed by atoms with E-state index in [1.165, 1.54) is 6.92 Å². The molecule has 4 nitrogen and oxygen atoms in total. The number of carboxylic acids is 1. The van der Waals surface area contributed by atoms with Crippen LogP contribution in [-0.4, -0.2) is 46.3 Å². The second-order valence-electron chi connectivity index (χ2n) is 4.38. The molecule has 1 aliphatic heterocycles. The van der Waals surface area contributed by atoms with Crippen molar-refractivity contribution in [3.63, 3.8) is 0 Å². The highest BCUT2D eigenvalue weighted by atomic mass is 16.4. The van der Waals surface area contributed by atoms with Crippen molar-refractivity contribution in [3.05, 3.63) is 0 Å². The summed E-state index contributed by atoms with van der Waals surface area (Å²) in [6.07, 6.45) is 2.25. The van der Waals surface area contributed by atoms with E-state index in [1.54, 1.807) is 0 Å². The van der Waals surface area contributed by atoms with Crippen molar-refractivity contribution in [2.24, 2.45) is 5.92 Å². The first-order chi connectivity index (χ1) is 6.45. The van der Waals surface area contributed by atoms with Crippen LogP contribution in [0.5, 0.6) is 0 Å². The molecule has 0 bridgehead atoms. The van der Waals surface area contributed by atoms with Gasteiger partial charge in [0.25, 0.3) is 0 Å². The molecule has 0 aliphatic carbocycles. The molecule has 0 amide bonds. The molecule has 1 heterocycles. The lowest BCUT2D eigenvalue weighted by molar-refractivity contribution is -0.158. The maximum absolute atomic E-state index is 10.7. The molecule has 1 saturated heterocycles. The molecule has 2 atom stereocenters. The molecule has 1 rings (SSSR count). The van der Waals surface area contributed by atoms with E-state index >= 15 is 0 Å². The number of hydrogen-bond acceptors (Lipinski definition) is 3. The molecule has 0 radical (unpaired) electrons. The summed E-state index contributed by atoms with van der Waals surface area (Å²) in [6.45, 7) is 5.55. The first-order valence-corrected chi connectivity index (χ1v) is 5.14. The molecule has 0 saturated carbocycles. The van der Waals surface area contributed by atoms with Crippen LogP contribution in [0, 0.1) is 5.92 Å². The second kappa shape index (κ2) is 4.28. The standard InChI is InChI=1S/C10H19NO3/c1-3-8-4-5-11(6-8)7-10(2,14)9(12)13/h8,14H,3-7H2,1-2H3,(H,12,13). The molecule has 0 aromatic heterocycles. The van der Waals surface area contributed by atoms with Crippen LogP contribution in [0.1, 0.15) is 26.7 Å². The Balaban J connectivity index is 2.42. The first-order valence-electron chi connectivity index (χ1n) is 5.14. The van der Waals surface area contributed by atoms with Crippen LogP contribution in [0.3, 0.4) is 0 Å². The average Bonchev–Trinajstić information content (AvgIpc) is 2.51. The van der Waals surface area contributed by atoms with Gasteiger partial charge in [0, 0.05) is 13.1 Å². The van der Waals surface area contributed by atoms with E-state index in [0.29, 0.717) is 5.92 Å². The van der Waals surface area contributed by atoms with Gasteiger partial charge in [0.15, 0.2) is 5.60 Å². The second-order valence-corrected chi connectivity index (χ2v) is 4.38. The molecule has 2 N–H and O–H groups in total. The molecule has 0 aromatic carbocycles. The highest BCUT2D eigenvalue weighted by molar-refractivity contribution is 5.76. The van der Waals surface area contributed by atoms with Gasteiger partial charge in [-0.05, 0) is 25.8 Å². The number of β-amino-alcohol motifs (C(OH)–C–C–N with tert-alkyl or cyclic N) is 1. The normalized spacial score (nSPS) is 27.5. The van der Waals surface area contributed by atoms with Crippen molar-refractivity contribution in [1.29, 1.82) is 0 Å². The summed E-state index contributed by atoms with van der Waals surface area (Å²) < 4.78 is 0. The summed E-state index contributed by atoms with van der Waals surface area (Å²) in [7, 11) is 0. The monoisotopic (exact) mass is 201 g/mol. The summed E-state index contributed by atoms with van der Waals surface area (Å²) in [5, 5.41) is 18.3. The fourth-order valence-electron chi connectivity index (χ4n) is 1.89. The lowest BCUT2D eigenvalue weighted by atomic mass is 10.1. The predicted octanol–water partition coefficient (Wildman–Crippen LogP) is 0.554. The minimum atomic E-state index is -1.61. The maximum atomic E-state index is 10.7. The van der Waals surface area contributed by atoms with E-state index in [4.69, 9.17) is 5.11 Å². The van der Waals surface area contributed by atoms with Crippen LogP contribution in [0.25, 0.3) is 0 Å². The lowest BCUT2D eigenvalue weighted by Crippen LogP contribution is -2.46.